The molecule has 0 saturated carbocycles. The van der Waals surface area contributed by atoms with Gasteiger partial charge in [0.15, 0.2) is 5.13 Å². The fraction of sp³-hybridized carbons (Fsp3) is 0.286. The predicted octanol–water partition coefficient (Wildman–Crippen LogP) is 2.26. The summed E-state index contributed by atoms with van der Waals surface area (Å²) in [6.07, 6.45) is 2.32. The third kappa shape index (κ3) is 3.20. The van der Waals surface area contributed by atoms with Gasteiger partial charge in [0.2, 0.25) is 0 Å². The second-order valence-electron chi connectivity index (χ2n) is 5.27. The number of halogens is 1. The van der Waals surface area contributed by atoms with Gasteiger partial charge in [-0.1, -0.05) is 0 Å². The number of carbonyl (C=O) groups is 1. The number of amides is 1. The minimum absolute atomic E-state index is 0.0959. The second-order valence-corrected chi connectivity index (χ2v) is 6.35. The number of carbonyl (C=O) groups excluding carboxylic acids is 1. The van der Waals surface area contributed by atoms with Crippen LogP contribution in [0, 0.1) is 15.9 Å². The van der Waals surface area contributed by atoms with Crippen molar-refractivity contribution in [3.8, 4) is 0 Å². The van der Waals surface area contributed by atoms with Gasteiger partial charge in [0.05, 0.1) is 22.2 Å². The molecule has 1 amide bonds. The summed E-state index contributed by atoms with van der Waals surface area (Å²) >= 11 is 1.32. The van der Waals surface area contributed by atoms with Crippen molar-refractivity contribution in [2.45, 2.75) is 25.3 Å². The SMILES string of the molecule is N[C@H]1CCc2nc(NC(=O)c3ccc([N+](=O)[O-])cc3F)sc2C1. The highest BCUT2D eigenvalue weighted by atomic mass is 32.1. The molecule has 0 saturated heterocycles. The smallest absolute Gasteiger partial charge is 0.272 e. The zero-order valence-corrected chi connectivity index (χ0v) is 12.7. The number of thiazole rings is 1. The predicted molar refractivity (Wildman–Crippen MR) is 83.1 cm³/mol. The maximum absolute atomic E-state index is 13.8. The van der Waals surface area contributed by atoms with Crippen LogP contribution in [0.25, 0.3) is 0 Å². The fourth-order valence-electron chi connectivity index (χ4n) is 2.42. The van der Waals surface area contributed by atoms with Crippen molar-refractivity contribution < 1.29 is 14.1 Å². The van der Waals surface area contributed by atoms with E-state index in [0.717, 1.165) is 48.0 Å². The summed E-state index contributed by atoms with van der Waals surface area (Å²) < 4.78 is 13.8. The van der Waals surface area contributed by atoms with Gasteiger partial charge in [-0.2, -0.15) is 0 Å². The number of rotatable bonds is 3. The molecule has 3 N–H and O–H groups in total. The van der Waals surface area contributed by atoms with E-state index in [1.165, 1.54) is 11.3 Å². The maximum Gasteiger partial charge on any atom is 0.272 e. The van der Waals surface area contributed by atoms with Gasteiger partial charge in [0.25, 0.3) is 11.6 Å². The first-order valence-corrected chi connectivity index (χ1v) is 7.75. The highest BCUT2D eigenvalue weighted by Gasteiger charge is 2.22. The zero-order valence-electron chi connectivity index (χ0n) is 11.9. The number of nitrogens with one attached hydrogen (secondary N) is 1. The Labute approximate surface area is 134 Å². The summed E-state index contributed by atoms with van der Waals surface area (Å²) in [6, 6.07) is 3.00. The quantitative estimate of drug-likeness (QED) is 0.659. The lowest BCUT2D eigenvalue weighted by molar-refractivity contribution is -0.385. The number of hydrogen-bond donors (Lipinski definition) is 2. The van der Waals surface area contributed by atoms with Gasteiger partial charge in [-0.15, -0.1) is 11.3 Å². The first kappa shape index (κ1) is 15.5. The average molecular weight is 336 g/mol. The molecular weight excluding hydrogens is 323 g/mol. The van der Waals surface area contributed by atoms with Crippen LogP contribution in [0.15, 0.2) is 18.2 Å². The topological polar surface area (TPSA) is 111 Å². The molecule has 1 aliphatic rings. The van der Waals surface area contributed by atoms with Crippen LogP contribution in [0.2, 0.25) is 0 Å². The van der Waals surface area contributed by atoms with Crippen LogP contribution in [0.3, 0.4) is 0 Å². The van der Waals surface area contributed by atoms with Gasteiger partial charge in [-0.25, -0.2) is 9.37 Å². The Morgan fingerprint density at radius 1 is 1.52 bits per heavy atom. The summed E-state index contributed by atoms with van der Waals surface area (Å²) in [5.41, 5.74) is 6.14. The van der Waals surface area contributed by atoms with E-state index in [0.29, 0.717) is 5.13 Å². The number of nitrogens with two attached hydrogens (primary N) is 1. The Morgan fingerprint density at radius 2 is 2.30 bits per heavy atom. The minimum Gasteiger partial charge on any atom is -0.327 e. The zero-order chi connectivity index (χ0) is 16.6. The van der Waals surface area contributed by atoms with E-state index in [1.54, 1.807) is 0 Å². The van der Waals surface area contributed by atoms with E-state index in [-0.39, 0.29) is 11.6 Å². The summed E-state index contributed by atoms with van der Waals surface area (Å²) in [4.78, 5) is 27.3. The van der Waals surface area contributed by atoms with E-state index in [9.17, 15) is 19.3 Å². The molecule has 3 rings (SSSR count). The summed E-state index contributed by atoms with van der Waals surface area (Å²) in [5.74, 6) is -1.63. The molecule has 0 fully saturated rings. The number of non-ortho nitro benzene ring substituents is 1. The first-order valence-electron chi connectivity index (χ1n) is 6.93. The van der Waals surface area contributed by atoms with Gasteiger partial charge in [0, 0.05) is 17.0 Å². The number of hydrogen-bond acceptors (Lipinski definition) is 6. The molecule has 0 bridgehead atoms. The van der Waals surface area contributed by atoms with Gasteiger partial charge in [0.1, 0.15) is 5.82 Å². The molecule has 1 aromatic heterocycles. The Morgan fingerprint density at radius 3 is 3.00 bits per heavy atom. The molecule has 1 atom stereocenters. The average Bonchev–Trinajstić information content (AvgIpc) is 2.88. The first-order chi connectivity index (χ1) is 10.9. The highest BCUT2D eigenvalue weighted by Crippen LogP contribution is 2.29. The largest absolute Gasteiger partial charge is 0.327 e. The van der Waals surface area contributed by atoms with Crippen molar-refractivity contribution in [3.05, 3.63) is 50.3 Å². The van der Waals surface area contributed by atoms with Crippen molar-refractivity contribution in [1.82, 2.24) is 4.98 Å². The number of aromatic nitrogens is 1. The third-order valence-electron chi connectivity index (χ3n) is 3.61. The van der Waals surface area contributed by atoms with Gasteiger partial charge < -0.3 is 5.73 Å². The molecule has 7 nitrogen and oxygen atoms in total. The summed E-state index contributed by atoms with van der Waals surface area (Å²) in [5, 5.41) is 13.5. The number of nitrogens with zero attached hydrogens (tertiary/aromatic N) is 2. The van der Waals surface area contributed by atoms with E-state index in [2.05, 4.69) is 10.3 Å². The molecule has 0 radical (unpaired) electrons. The second kappa shape index (κ2) is 6.01. The normalized spacial score (nSPS) is 16.7. The van der Waals surface area contributed by atoms with Crippen LogP contribution in [0.4, 0.5) is 15.2 Å². The molecule has 0 unspecified atom stereocenters. The fourth-order valence-corrected chi connectivity index (χ4v) is 3.52. The Balaban J connectivity index is 1.78. The molecule has 2 aromatic rings. The van der Waals surface area contributed by atoms with Crippen molar-refractivity contribution >= 4 is 28.1 Å². The van der Waals surface area contributed by atoms with Crippen LogP contribution in [0.5, 0.6) is 0 Å². The Kier molecular flexibility index (Phi) is 4.05. The van der Waals surface area contributed by atoms with Gasteiger partial charge in [-0.05, 0) is 25.3 Å². The van der Waals surface area contributed by atoms with Crippen LogP contribution in [0.1, 0.15) is 27.3 Å². The maximum atomic E-state index is 13.8. The summed E-state index contributed by atoms with van der Waals surface area (Å²) in [6.45, 7) is 0. The lowest BCUT2D eigenvalue weighted by Gasteiger charge is -2.15. The van der Waals surface area contributed by atoms with Gasteiger partial charge >= 0.3 is 0 Å². The summed E-state index contributed by atoms with van der Waals surface area (Å²) in [7, 11) is 0. The number of nitro benzene ring substituents is 1. The molecule has 120 valence electrons. The number of benzene rings is 1. The molecule has 0 aliphatic heterocycles. The molecule has 23 heavy (non-hydrogen) atoms. The lowest BCUT2D eigenvalue weighted by atomic mass is 9.99. The molecular formula is C14H13FN4O3S. The Bertz CT molecular complexity index is 792. The number of anilines is 1. The van der Waals surface area contributed by atoms with E-state index >= 15 is 0 Å². The van der Waals surface area contributed by atoms with Crippen molar-refractivity contribution in [1.29, 1.82) is 0 Å². The van der Waals surface area contributed by atoms with Crippen molar-refractivity contribution in [3.63, 3.8) is 0 Å². The number of nitro groups is 1. The molecule has 9 heteroatoms. The molecule has 0 spiro atoms. The van der Waals surface area contributed by atoms with Crippen LogP contribution >= 0.6 is 11.3 Å². The van der Waals surface area contributed by atoms with Gasteiger partial charge in [-0.3, -0.25) is 20.2 Å². The molecule has 1 aliphatic carbocycles. The monoisotopic (exact) mass is 336 g/mol. The standard InChI is InChI=1S/C14H13FN4O3S/c15-10-6-8(19(21)22)2-3-9(10)13(20)18-14-17-11-4-1-7(16)5-12(11)23-14/h2-3,6-7H,1,4-5,16H2,(H,17,18,20)/t7-/m0/s1. The lowest BCUT2D eigenvalue weighted by Crippen LogP contribution is -2.27. The number of aryl methyl sites for hydroxylation is 1. The number of fused-ring (bicyclic) bond motifs is 1. The van der Waals surface area contributed by atoms with Crippen molar-refractivity contribution in [2.24, 2.45) is 5.73 Å². The van der Waals surface area contributed by atoms with E-state index < -0.39 is 22.3 Å². The molecule has 1 heterocycles. The van der Waals surface area contributed by atoms with E-state index in [4.69, 9.17) is 5.73 Å². The van der Waals surface area contributed by atoms with E-state index in [1.807, 2.05) is 0 Å². The molecule has 1 aromatic carbocycles. The Hall–Kier alpha value is -2.39. The third-order valence-corrected chi connectivity index (χ3v) is 4.64. The van der Waals surface area contributed by atoms with Crippen LogP contribution in [-0.2, 0) is 12.8 Å². The van der Waals surface area contributed by atoms with Crippen LogP contribution in [-0.4, -0.2) is 21.9 Å². The van der Waals surface area contributed by atoms with Crippen molar-refractivity contribution in [2.75, 3.05) is 5.32 Å². The minimum atomic E-state index is -0.944. The van der Waals surface area contributed by atoms with Crippen LogP contribution < -0.4 is 11.1 Å². The highest BCUT2D eigenvalue weighted by molar-refractivity contribution is 7.15.